The molecule has 154 valence electrons. The average molecular weight is 416 g/mol. The van der Waals surface area contributed by atoms with E-state index in [4.69, 9.17) is 9.47 Å². The second-order valence-corrected chi connectivity index (χ2v) is 7.48. The quantitative estimate of drug-likeness (QED) is 0.417. The Morgan fingerprint density at radius 1 is 1.10 bits per heavy atom. The van der Waals surface area contributed by atoms with Crippen molar-refractivity contribution in [2.75, 3.05) is 13.2 Å². The molecule has 1 aromatic carbocycles. The number of thiophene rings is 1. The van der Waals surface area contributed by atoms with Gasteiger partial charge in [-0.05, 0) is 31.9 Å². The number of rotatable bonds is 8. The summed E-state index contributed by atoms with van der Waals surface area (Å²) in [4.78, 5) is 39.0. The second kappa shape index (κ2) is 9.19. The molecule has 0 fully saturated rings. The maximum atomic E-state index is 13.0. The fourth-order valence-electron chi connectivity index (χ4n) is 3.18. The van der Waals surface area contributed by atoms with E-state index in [1.807, 2.05) is 37.3 Å². The summed E-state index contributed by atoms with van der Waals surface area (Å²) < 4.78 is 13.4. The first-order chi connectivity index (χ1) is 14.0. The van der Waals surface area contributed by atoms with Crippen LogP contribution in [0.5, 0.6) is 0 Å². The number of esters is 1. The van der Waals surface area contributed by atoms with Gasteiger partial charge in [-0.2, -0.15) is 0 Å². The van der Waals surface area contributed by atoms with Crippen molar-refractivity contribution in [2.45, 2.75) is 40.5 Å². The molecule has 0 atom stereocenters. The van der Waals surface area contributed by atoms with Crippen LogP contribution >= 0.6 is 11.3 Å². The number of hydrogen-bond donors (Lipinski definition) is 0. The lowest BCUT2D eigenvalue weighted by Crippen LogP contribution is -2.40. The molecule has 2 heterocycles. The molecule has 8 heteroatoms. The number of nitrogens with zero attached hydrogens (tertiary/aromatic N) is 2. The monoisotopic (exact) mass is 416 g/mol. The zero-order valence-electron chi connectivity index (χ0n) is 16.8. The molecule has 29 heavy (non-hydrogen) atoms. The Hall–Kier alpha value is -2.71. The van der Waals surface area contributed by atoms with Crippen LogP contribution in [0.1, 0.15) is 34.6 Å². The summed E-state index contributed by atoms with van der Waals surface area (Å²) in [6, 6.07) is 9.69. The summed E-state index contributed by atoms with van der Waals surface area (Å²) in [6.07, 6.45) is 0. The van der Waals surface area contributed by atoms with Crippen molar-refractivity contribution >= 4 is 27.5 Å². The summed E-state index contributed by atoms with van der Waals surface area (Å²) in [7, 11) is 0. The number of aromatic nitrogens is 2. The van der Waals surface area contributed by atoms with Crippen LogP contribution in [0.25, 0.3) is 10.2 Å². The van der Waals surface area contributed by atoms with Crippen molar-refractivity contribution in [1.29, 1.82) is 0 Å². The van der Waals surface area contributed by atoms with Crippen LogP contribution in [0.4, 0.5) is 0 Å². The smallest absolute Gasteiger partial charge is 0.348 e. The Bertz CT molecular complexity index is 1130. The third-order valence-electron chi connectivity index (χ3n) is 4.64. The molecule has 0 radical (unpaired) electrons. The normalized spacial score (nSPS) is 11.1. The molecule has 0 aliphatic heterocycles. The summed E-state index contributed by atoms with van der Waals surface area (Å²) >= 11 is 1.13. The molecule has 0 saturated heterocycles. The van der Waals surface area contributed by atoms with Crippen molar-refractivity contribution in [1.82, 2.24) is 9.13 Å². The van der Waals surface area contributed by atoms with Crippen molar-refractivity contribution < 1.29 is 14.3 Å². The first-order valence-electron chi connectivity index (χ1n) is 9.55. The van der Waals surface area contributed by atoms with Crippen molar-refractivity contribution in [3.8, 4) is 0 Å². The van der Waals surface area contributed by atoms with Crippen LogP contribution in [-0.2, 0) is 29.2 Å². The van der Waals surface area contributed by atoms with Crippen LogP contribution in [0.2, 0.25) is 0 Å². The van der Waals surface area contributed by atoms with Crippen LogP contribution in [0.15, 0.2) is 39.9 Å². The molecule has 0 spiro atoms. The highest BCUT2D eigenvalue weighted by Crippen LogP contribution is 2.28. The minimum Gasteiger partial charge on any atom is -0.462 e. The van der Waals surface area contributed by atoms with E-state index in [0.29, 0.717) is 33.8 Å². The maximum absolute atomic E-state index is 13.0. The molecular formula is C21H24N2O5S. The predicted molar refractivity (Wildman–Crippen MR) is 113 cm³/mol. The van der Waals surface area contributed by atoms with Gasteiger partial charge in [0.05, 0.1) is 31.8 Å². The minimum absolute atomic E-state index is 0.143. The van der Waals surface area contributed by atoms with Crippen LogP contribution in [-0.4, -0.2) is 28.3 Å². The fourth-order valence-corrected chi connectivity index (χ4v) is 4.43. The number of carbonyl (C=O) groups excluding carboxylic acids is 1. The van der Waals surface area contributed by atoms with E-state index in [1.54, 1.807) is 13.8 Å². The third kappa shape index (κ3) is 4.18. The highest BCUT2D eigenvalue weighted by atomic mass is 32.1. The van der Waals surface area contributed by atoms with E-state index in [0.717, 1.165) is 16.9 Å². The first-order valence-corrected chi connectivity index (χ1v) is 10.4. The summed E-state index contributed by atoms with van der Waals surface area (Å²) in [5.41, 5.74) is 0.774. The summed E-state index contributed by atoms with van der Waals surface area (Å²) in [6.45, 7) is 6.69. The molecule has 0 bridgehead atoms. The Morgan fingerprint density at radius 3 is 2.48 bits per heavy atom. The van der Waals surface area contributed by atoms with Gasteiger partial charge in [-0.1, -0.05) is 30.3 Å². The van der Waals surface area contributed by atoms with Gasteiger partial charge in [-0.15, -0.1) is 11.3 Å². The lowest BCUT2D eigenvalue weighted by Gasteiger charge is -2.11. The molecule has 0 aliphatic rings. The molecule has 3 rings (SSSR count). The molecule has 7 nitrogen and oxygen atoms in total. The Labute approximate surface area is 172 Å². The topological polar surface area (TPSA) is 79.5 Å². The number of fused-ring (bicyclic) bond motifs is 1. The molecule has 0 aliphatic carbocycles. The molecule has 0 N–H and O–H groups in total. The summed E-state index contributed by atoms with van der Waals surface area (Å²) in [5.74, 6) is -0.474. The van der Waals surface area contributed by atoms with Gasteiger partial charge >= 0.3 is 11.7 Å². The molecular weight excluding hydrogens is 392 g/mol. The number of carbonyl (C=O) groups is 1. The van der Waals surface area contributed by atoms with E-state index in [2.05, 4.69) is 0 Å². The number of hydrogen-bond acceptors (Lipinski definition) is 6. The lowest BCUT2D eigenvalue weighted by atomic mass is 10.2. The zero-order chi connectivity index (χ0) is 21.0. The second-order valence-electron chi connectivity index (χ2n) is 6.48. The predicted octanol–water partition coefficient (Wildman–Crippen LogP) is 2.95. The summed E-state index contributed by atoms with van der Waals surface area (Å²) in [5, 5.41) is 0.391. The van der Waals surface area contributed by atoms with E-state index in [-0.39, 0.29) is 19.8 Å². The number of aryl methyl sites for hydroxylation is 2. The van der Waals surface area contributed by atoms with Crippen molar-refractivity contribution in [3.05, 3.63) is 67.2 Å². The fraction of sp³-hybridized carbons (Fsp3) is 0.381. The Kier molecular flexibility index (Phi) is 6.66. The van der Waals surface area contributed by atoms with Gasteiger partial charge in [-0.25, -0.2) is 9.59 Å². The van der Waals surface area contributed by atoms with Crippen LogP contribution < -0.4 is 11.2 Å². The SMILES string of the molecule is CCOC(=O)c1sc2c(c1C)c(=O)n(CCOCc1ccccc1)c(=O)n2CC. The van der Waals surface area contributed by atoms with E-state index in [9.17, 15) is 14.4 Å². The van der Waals surface area contributed by atoms with Gasteiger partial charge in [0.1, 0.15) is 9.71 Å². The minimum atomic E-state index is -0.474. The highest BCUT2D eigenvalue weighted by Gasteiger charge is 2.23. The lowest BCUT2D eigenvalue weighted by molar-refractivity contribution is 0.0531. The largest absolute Gasteiger partial charge is 0.462 e. The van der Waals surface area contributed by atoms with E-state index in [1.165, 1.54) is 9.13 Å². The van der Waals surface area contributed by atoms with Crippen molar-refractivity contribution in [2.24, 2.45) is 0 Å². The van der Waals surface area contributed by atoms with E-state index < -0.39 is 17.2 Å². The van der Waals surface area contributed by atoms with Gasteiger partial charge in [-0.3, -0.25) is 13.9 Å². The van der Waals surface area contributed by atoms with Crippen LogP contribution in [0, 0.1) is 6.92 Å². The number of benzene rings is 1. The third-order valence-corrected chi connectivity index (χ3v) is 5.94. The Balaban J connectivity index is 1.93. The first kappa shape index (κ1) is 21.0. The standard InChI is InChI=1S/C21H24N2O5S/c1-4-22-19-16(14(3)17(29-19)20(25)28-5-2)18(24)23(21(22)26)11-12-27-13-15-9-7-6-8-10-15/h6-10H,4-5,11-13H2,1-3H3. The van der Waals surface area contributed by atoms with Gasteiger partial charge in [0.2, 0.25) is 0 Å². The molecule has 2 aromatic heterocycles. The number of ether oxygens (including phenoxy) is 2. The molecule has 0 amide bonds. The average Bonchev–Trinajstić information content (AvgIpc) is 3.06. The maximum Gasteiger partial charge on any atom is 0.348 e. The van der Waals surface area contributed by atoms with Crippen LogP contribution in [0.3, 0.4) is 0 Å². The van der Waals surface area contributed by atoms with Gasteiger partial charge < -0.3 is 9.47 Å². The van der Waals surface area contributed by atoms with Gasteiger partial charge in [0, 0.05) is 6.54 Å². The van der Waals surface area contributed by atoms with Crippen molar-refractivity contribution in [3.63, 3.8) is 0 Å². The Morgan fingerprint density at radius 2 is 1.83 bits per heavy atom. The molecule has 0 unspecified atom stereocenters. The molecule has 3 aromatic rings. The zero-order valence-corrected chi connectivity index (χ0v) is 17.6. The highest BCUT2D eigenvalue weighted by molar-refractivity contribution is 7.20. The molecule has 0 saturated carbocycles. The van der Waals surface area contributed by atoms with E-state index >= 15 is 0 Å². The van der Waals surface area contributed by atoms with Gasteiger partial charge in [0.25, 0.3) is 5.56 Å². The van der Waals surface area contributed by atoms with Gasteiger partial charge in [0.15, 0.2) is 0 Å².